The van der Waals surface area contributed by atoms with Crippen molar-refractivity contribution >= 4 is 22.8 Å². The van der Waals surface area contributed by atoms with Gasteiger partial charge in [-0.1, -0.05) is 6.07 Å². The van der Waals surface area contributed by atoms with Crippen LogP contribution in [-0.2, 0) is 6.42 Å². The normalized spacial score (nSPS) is 19.8. The molecule has 1 saturated carbocycles. The number of aromatic nitrogens is 4. The smallest absolute Gasteiger partial charge is 0.222 e. The zero-order valence-electron chi connectivity index (χ0n) is 14.3. The Hall–Kier alpha value is -2.67. The fourth-order valence-electron chi connectivity index (χ4n) is 3.29. The lowest BCUT2D eigenvalue weighted by Gasteiger charge is -2.32. The van der Waals surface area contributed by atoms with Crippen LogP contribution >= 0.6 is 0 Å². The van der Waals surface area contributed by atoms with Gasteiger partial charge in [-0.05, 0) is 37.5 Å². The molecule has 2 aromatic heterocycles. The van der Waals surface area contributed by atoms with Crippen LogP contribution in [0.25, 0.3) is 11.0 Å². The van der Waals surface area contributed by atoms with Gasteiger partial charge >= 0.3 is 0 Å². The largest absolute Gasteiger partial charge is 0.369 e. The molecule has 0 saturated heterocycles. The number of nitrogens with two attached hydrogens (primary N) is 2. The van der Waals surface area contributed by atoms with Gasteiger partial charge in [0.25, 0.3) is 0 Å². The zero-order valence-corrected chi connectivity index (χ0v) is 14.3. The maximum atomic E-state index is 5.87. The summed E-state index contributed by atoms with van der Waals surface area (Å²) >= 11 is 0. The van der Waals surface area contributed by atoms with Crippen LogP contribution < -0.4 is 16.8 Å². The molecule has 0 atom stereocenters. The lowest BCUT2D eigenvalue weighted by Crippen LogP contribution is -2.35. The van der Waals surface area contributed by atoms with E-state index in [0.717, 1.165) is 54.2 Å². The molecule has 0 spiro atoms. The number of aromatic amines is 1. The molecule has 0 radical (unpaired) electrons. The first-order chi connectivity index (χ1) is 12.1. The van der Waals surface area contributed by atoms with Gasteiger partial charge < -0.3 is 21.8 Å². The van der Waals surface area contributed by atoms with Crippen molar-refractivity contribution in [3.05, 3.63) is 41.3 Å². The molecule has 0 amide bonds. The molecule has 7 nitrogen and oxygen atoms in total. The number of anilines is 2. The van der Waals surface area contributed by atoms with Crippen LogP contribution in [0.2, 0.25) is 0 Å². The van der Waals surface area contributed by atoms with E-state index in [2.05, 4.69) is 44.3 Å². The Balaban J connectivity index is 1.40. The van der Waals surface area contributed by atoms with E-state index in [1.807, 2.05) is 12.1 Å². The van der Waals surface area contributed by atoms with E-state index in [4.69, 9.17) is 11.5 Å². The maximum Gasteiger partial charge on any atom is 0.222 e. The molecule has 0 unspecified atom stereocenters. The van der Waals surface area contributed by atoms with Gasteiger partial charge in [0.1, 0.15) is 11.6 Å². The Labute approximate surface area is 146 Å². The monoisotopic (exact) mass is 337 g/mol. The average molecular weight is 337 g/mol. The molecule has 130 valence electrons. The van der Waals surface area contributed by atoms with E-state index in [0.29, 0.717) is 11.9 Å². The highest BCUT2D eigenvalue weighted by atomic mass is 15.1. The van der Waals surface area contributed by atoms with E-state index < -0.39 is 0 Å². The number of benzene rings is 1. The second-order valence-electron chi connectivity index (χ2n) is 6.85. The summed E-state index contributed by atoms with van der Waals surface area (Å²) in [7, 11) is 0. The van der Waals surface area contributed by atoms with Crippen molar-refractivity contribution in [2.75, 3.05) is 17.6 Å². The standard InChI is InChI=1S/C18H23N7/c1-10-2-3-13-15(6-10)23-16(22-13)4-5-21-17-9-14(24-18(20)25-17)11-7-12(19)8-11/h2-3,6,9,11-12H,4-5,7-8,19H2,1H3,(H,22,23)(H3,20,21,24,25). The topological polar surface area (TPSA) is 119 Å². The Bertz CT molecular complexity index is 896. The van der Waals surface area contributed by atoms with Gasteiger partial charge in [-0.2, -0.15) is 4.98 Å². The predicted octanol–water partition coefficient (Wildman–Crippen LogP) is 2.10. The first-order valence-electron chi connectivity index (χ1n) is 8.66. The van der Waals surface area contributed by atoms with Crippen LogP contribution in [0, 0.1) is 6.92 Å². The molecule has 1 aromatic carbocycles. The quantitative estimate of drug-likeness (QED) is 0.566. The summed E-state index contributed by atoms with van der Waals surface area (Å²) in [4.78, 5) is 16.6. The van der Waals surface area contributed by atoms with Crippen LogP contribution in [0.1, 0.15) is 35.8 Å². The van der Waals surface area contributed by atoms with Gasteiger partial charge in [-0.25, -0.2) is 9.97 Å². The van der Waals surface area contributed by atoms with E-state index in [1.165, 1.54) is 5.56 Å². The highest BCUT2D eigenvalue weighted by Crippen LogP contribution is 2.35. The van der Waals surface area contributed by atoms with Gasteiger partial charge in [-0.15, -0.1) is 0 Å². The van der Waals surface area contributed by atoms with Crippen molar-refractivity contribution in [3.8, 4) is 0 Å². The Kier molecular flexibility index (Phi) is 4.01. The summed E-state index contributed by atoms with van der Waals surface area (Å²) in [5, 5.41) is 3.32. The van der Waals surface area contributed by atoms with E-state index in [1.54, 1.807) is 0 Å². The predicted molar refractivity (Wildman–Crippen MR) is 99.4 cm³/mol. The van der Waals surface area contributed by atoms with Crippen LogP contribution in [-0.4, -0.2) is 32.5 Å². The molecular formula is C18H23N7. The van der Waals surface area contributed by atoms with E-state index in [-0.39, 0.29) is 6.04 Å². The van der Waals surface area contributed by atoms with Crippen molar-refractivity contribution in [2.45, 2.75) is 38.1 Å². The van der Waals surface area contributed by atoms with Crippen molar-refractivity contribution < 1.29 is 0 Å². The number of aryl methyl sites for hydroxylation is 1. The number of hydrogen-bond donors (Lipinski definition) is 4. The second-order valence-corrected chi connectivity index (χ2v) is 6.85. The Morgan fingerprint density at radius 3 is 2.84 bits per heavy atom. The third-order valence-electron chi connectivity index (χ3n) is 4.71. The number of fused-ring (bicyclic) bond motifs is 1. The fourth-order valence-corrected chi connectivity index (χ4v) is 3.29. The number of nitrogen functional groups attached to an aromatic ring is 1. The molecule has 7 heteroatoms. The molecule has 1 aliphatic rings. The molecular weight excluding hydrogens is 314 g/mol. The summed E-state index contributed by atoms with van der Waals surface area (Å²) in [6, 6.07) is 8.49. The highest BCUT2D eigenvalue weighted by Gasteiger charge is 2.29. The molecule has 6 N–H and O–H groups in total. The number of imidazole rings is 1. The zero-order chi connectivity index (χ0) is 17.4. The highest BCUT2D eigenvalue weighted by molar-refractivity contribution is 5.75. The van der Waals surface area contributed by atoms with Crippen LogP contribution in [0.5, 0.6) is 0 Å². The van der Waals surface area contributed by atoms with Gasteiger partial charge in [0, 0.05) is 31.0 Å². The lowest BCUT2D eigenvalue weighted by atomic mass is 9.78. The van der Waals surface area contributed by atoms with Gasteiger partial charge in [0.15, 0.2) is 0 Å². The SMILES string of the molecule is Cc1ccc2nc(CCNc3cc(C4CC(N)C4)nc(N)n3)[nH]c2c1. The third kappa shape index (κ3) is 3.41. The van der Waals surface area contributed by atoms with Crippen molar-refractivity contribution in [1.29, 1.82) is 0 Å². The van der Waals surface area contributed by atoms with Gasteiger partial charge in [0.05, 0.1) is 16.7 Å². The van der Waals surface area contributed by atoms with E-state index in [9.17, 15) is 0 Å². The van der Waals surface area contributed by atoms with Crippen LogP contribution in [0.15, 0.2) is 24.3 Å². The van der Waals surface area contributed by atoms with Gasteiger partial charge in [0.2, 0.25) is 5.95 Å². The second kappa shape index (κ2) is 6.33. The minimum absolute atomic E-state index is 0.286. The number of nitrogens with zero attached hydrogens (tertiary/aromatic N) is 3. The summed E-state index contributed by atoms with van der Waals surface area (Å²) in [5.74, 6) is 2.43. The Morgan fingerprint density at radius 2 is 2.04 bits per heavy atom. The molecule has 3 aromatic rings. The number of nitrogens with one attached hydrogen (secondary N) is 2. The molecule has 2 heterocycles. The van der Waals surface area contributed by atoms with Crippen molar-refractivity contribution in [2.24, 2.45) is 5.73 Å². The molecule has 0 bridgehead atoms. The van der Waals surface area contributed by atoms with Gasteiger partial charge in [-0.3, -0.25) is 0 Å². The Morgan fingerprint density at radius 1 is 1.20 bits per heavy atom. The fraction of sp³-hybridized carbons (Fsp3) is 0.389. The molecule has 4 rings (SSSR count). The van der Waals surface area contributed by atoms with Crippen LogP contribution in [0.4, 0.5) is 11.8 Å². The van der Waals surface area contributed by atoms with Crippen molar-refractivity contribution in [1.82, 2.24) is 19.9 Å². The lowest BCUT2D eigenvalue weighted by molar-refractivity contribution is 0.345. The minimum Gasteiger partial charge on any atom is -0.369 e. The minimum atomic E-state index is 0.286. The number of rotatable bonds is 5. The molecule has 1 aliphatic carbocycles. The first kappa shape index (κ1) is 15.8. The first-order valence-corrected chi connectivity index (χ1v) is 8.66. The number of H-pyrrole nitrogens is 1. The van der Waals surface area contributed by atoms with E-state index >= 15 is 0 Å². The summed E-state index contributed by atoms with van der Waals surface area (Å²) in [6.07, 6.45) is 2.71. The summed E-state index contributed by atoms with van der Waals surface area (Å²) in [5.41, 5.74) is 16.0. The van der Waals surface area contributed by atoms with Crippen LogP contribution in [0.3, 0.4) is 0 Å². The summed E-state index contributed by atoms with van der Waals surface area (Å²) in [6.45, 7) is 2.80. The number of hydrogen-bond acceptors (Lipinski definition) is 6. The third-order valence-corrected chi connectivity index (χ3v) is 4.71. The molecule has 25 heavy (non-hydrogen) atoms. The summed E-state index contributed by atoms with van der Waals surface area (Å²) < 4.78 is 0. The van der Waals surface area contributed by atoms with Crippen molar-refractivity contribution in [3.63, 3.8) is 0 Å². The molecule has 0 aliphatic heterocycles. The maximum absolute atomic E-state index is 5.87. The molecule has 1 fully saturated rings. The average Bonchev–Trinajstić information content (AvgIpc) is 2.93.